The van der Waals surface area contributed by atoms with Crippen LogP contribution >= 0.6 is 0 Å². The molecule has 2 heterocycles. The Balaban J connectivity index is 1.62. The lowest BCUT2D eigenvalue weighted by atomic mass is 9.86. The highest BCUT2D eigenvalue weighted by Crippen LogP contribution is 2.30. The molecule has 28 heavy (non-hydrogen) atoms. The van der Waals surface area contributed by atoms with Gasteiger partial charge in [0.25, 0.3) is 5.91 Å². The molecule has 1 aromatic heterocycles. The number of benzene rings is 1. The van der Waals surface area contributed by atoms with Gasteiger partial charge in [-0.05, 0) is 56.7 Å². The molecule has 2 aliphatic rings. The van der Waals surface area contributed by atoms with Crippen LogP contribution in [0.3, 0.4) is 0 Å². The summed E-state index contributed by atoms with van der Waals surface area (Å²) in [4.78, 5) is 13.1. The minimum atomic E-state index is -3.50. The molecule has 2 atom stereocenters. The van der Waals surface area contributed by atoms with E-state index in [2.05, 4.69) is 12.2 Å². The SMILES string of the molecule is Cc1c(C(=O)N[C@H]2CCCC[C@H]2C)oc2ccc(S(=O)(=O)N3CCCC3)cc12. The molecule has 0 spiro atoms. The second-order valence-electron chi connectivity index (χ2n) is 8.17. The van der Waals surface area contributed by atoms with Crippen molar-refractivity contribution >= 4 is 26.9 Å². The average Bonchev–Trinajstić information content (AvgIpc) is 3.32. The van der Waals surface area contributed by atoms with Crippen molar-refractivity contribution in [1.29, 1.82) is 0 Å². The van der Waals surface area contributed by atoms with Crippen molar-refractivity contribution < 1.29 is 17.6 Å². The Hall–Kier alpha value is -1.86. The summed E-state index contributed by atoms with van der Waals surface area (Å²) >= 11 is 0. The number of carbonyl (C=O) groups excluding carboxylic acids is 1. The quantitative estimate of drug-likeness (QED) is 0.840. The number of fused-ring (bicyclic) bond motifs is 1. The van der Waals surface area contributed by atoms with Gasteiger partial charge in [0, 0.05) is 30.1 Å². The number of carbonyl (C=O) groups is 1. The van der Waals surface area contributed by atoms with E-state index in [1.807, 2.05) is 6.92 Å². The van der Waals surface area contributed by atoms with Gasteiger partial charge in [0.15, 0.2) is 5.76 Å². The number of furan rings is 1. The predicted octanol–water partition coefficient (Wildman–Crippen LogP) is 3.83. The van der Waals surface area contributed by atoms with E-state index in [0.717, 1.165) is 32.1 Å². The second kappa shape index (κ2) is 7.52. The van der Waals surface area contributed by atoms with Crippen LogP contribution in [0.4, 0.5) is 0 Å². The van der Waals surface area contributed by atoms with Gasteiger partial charge in [-0.3, -0.25) is 4.79 Å². The van der Waals surface area contributed by atoms with E-state index < -0.39 is 10.0 Å². The number of nitrogens with one attached hydrogen (secondary N) is 1. The van der Waals surface area contributed by atoms with Gasteiger partial charge in [-0.15, -0.1) is 0 Å². The summed E-state index contributed by atoms with van der Waals surface area (Å²) in [6, 6.07) is 5.04. The Morgan fingerprint density at radius 3 is 2.57 bits per heavy atom. The van der Waals surface area contributed by atoms with Crippen LogP contribution in [0.2, 0.25) is 0 Å². The number of hydrogen-bond donors (Lipinski definition) is 1. The van der Waals surface area contributed by atoms with Crippen LogP contribution in [0, 0.1) is 12.8 Å². The lowest BCUT2D eigenvalue weighted by Crippen LogP contribution is -2.41. The molecule has 0 bridgehead atoms. The Morgan fingerprint density at radius 2 is 1.86 bits per heavy atom. The van der Waals surface area contributed by atoms with Crippen molar-refractivity contribution in [2.24, 2.45) is 5.92 Å². The molecule has 152 valence electrons. The van der Waals surface area contributed by atoms with E-state index in [-0.39, 0.29) is 22.6 Å². The van der Waals surface area contributed by atoms with Crippen molar-refractivity contribution in [3.05, 3.63) is 29.5 Å². The summed E-state index contributed by atoms with van der Waals surface area (Å²) in [6.07, 6.45) is 6.26. The van der Waals surface area contributed by atoms with Crippen LogP contribution in [0.25, 0.3) is 11.0 Å². The summed E-state index contributed by atoms with van der Waals surface area (Å²) in [7, 11) is -3.50. The zero-order valence-electron chi connectivity index (χ0n) is 16.5. The third-order valence-electron chi connectivity index (χ3n) is 6.24. The summed E-state index contributed by atoms with van der Waals surface area (Å²) in [5, 5.41) is 3.80. The van der Waals surface area contributed by atoms with Crippen molar-refractivity contribution in [2.75, 3.05) is 13.1 Å². The van der Waals surface area contributed by atoms with Crippen LogP contribution in [-0.2, 0) is 10.0 Å². The molecule has 1 saturated heterocycles. The van der Waals surface area contributed by atoms with Crippen LogP contribution in [0.1, 0.15) is 61.6 Å². The molecule has 7 heteroatoms. The molecular formula is C21H28N2O4S. The molecule has 1 amide bonds. The monoisotopic (exact) mass is 404 g/mol. The van der Waals surface area contributed by atoms with Crippen LogP contribution < -0.4 is 5.32 Å². The van der Waals surface area contributed by atoms with Gasteiger partial charge in [0.2, 0.25) is 10.0 Å². The largest absolute Gasteiger partial charge is 0.451 e. The normalized spacial score (nSPS) is 23.9. The van der Waals surface area contributed by atoms with E-state index in [1.165, 1.54) is 10.7 Å². The smallest absolute Gasteiger partial charge is 0.287 e. The summed E-state index contributed by atoms with van der Waals surface area (Å²) < 4.78 is 33.0. The van der Waals surface area contributed by atoms with Gasteiger partial charge >= 0.3 is 0 Å². The van der Waals surface area contributed by atoms with E-state index in [9.17, 15) is 13.2 Å². The molecule has 6 nitrogen and oxygen atoms in total. The molecule has 0 radical (unpaired) electrons. The first-order chi connectivity index (χ1) is 13.4. The fraction of sp³-hybridized carbons (Fsp3) is 0.571. The van der Waals surface area contributed by atoms with Gasteiger partial charge in [0.1, 0.15) is 5.58 Å². The lowest BCUT2D eigenvalue weighted by Gasteiger charge is -2.29. The Bertz CT molecular complexity index is 989. The Morgan fingerprint density at radius 1 is 1.14 bits per heavy atom. The molecule has 2 fully saturated rings. The van der Waals surface area contributed by atoms with Gasteiger partial charge in [0.05, 0.1) is 4.90 Å². The van der Waals surface area contributed by atoms with Gasteiger partial charge in [-0.2, -0.15) is 4.31 Å². The molecular weight excluding hydrogens is 376 g/mol. The summed E-state index contributed by atoms with van der Waals surface area (Å²) in [5.41, 5.74) is 1.23. The van der Waals surface area contributed by atoms with Crippen LogP contribution in [0.5, 0.6) is 0 Å². The standard InChI is InChI=1S/C21H28N2O4S/c1-14-7-3-4-8-18(14)22-21(24)20-15(2)17-13-16(9-10-19(17)27-20)28(25,26)23-11-5-6-12-23/h9-10,13-14,18H,3-8,11-12H2,1-2H3,(H,22,24)/t14-,18+/m1/s1. The first-order valence-corrected chi connectivity index (χ1v) is 11.7. The summed E-state index contributed by atoms with van der Waals surface area (Å²) in [6.45, 7) is 5.12. The van der Waals surface area contributed by atoms with E-state index in [0.29, 0.717) is 35.5 Å². The maximum Gasteiger partial charge on any atom is 0.287 e. The Kier molecular flexibility index (Phi) is 5.22. The molecule has 0 unspecified atom stereocenters. The first kappa shape index (κ1) is 19.5. The highest BCUT2D eigenvalue weighted by Gasteiger charge is 2.29. The highest BCUT2D eigenvalue weighted by molar-refractivity contribution is 7.89. The highest BCUT2D eigenvalue weighted by atomic mass is 32.2. The maximum atomic E-state index is 12.8. The third-order valence-corrected chi connectivity index (χ3v) is 8.14. The minimum Gasteiger partial charge on any atom is -0.451 e. The topological polar surface area (TPSA) is 79.6 Å². The molecule has 1 saturated carbocycles. The minimum absolute atomic E-state index is 0.167. The van der Waals surface area contributed by atoms with Gasteiger partial charge in [-0.1, -0.05) is 19.8 Å². The van der Waals surface area contributed by atoms with Crippen LogP contribution in [-0.4, -0.2) is 37.8 Å². The number of amides is 1. The molecule has 2 aromatic rings. The van der Waals surface area contributed by atoms with E-state index in [4.69, 9.17) is 4.42 Å². The second-order valence-corrected chi connectivity index (χ2v) is 10.1. The lowest BCUT2D eigenvalue weighted by molar-refractivity contribution is 0.0883. The van der Waals surface area contributed by atoms with E-state index in [1.54, 1.807) is 18.2 Å². The molecule has 1 aromatic carbocycles. The van der Waals surface area contributed by atoms with Gasteiger partial charge < -0.3 is 9.73 Å². The maximum absolute atomic E-state index is 12.8. The molecule has 1 N–H and O–H groups in total. The molecule has 1 aliphatic heterocycles. The fourth-order valence-electron chi connectivity index (χ4n) is 4.42. The number of aryl methyl sites for hydroxylation is 1. The molecule has 1 aliphatic carbocycles. The number of hydrogen-bond acceptors (Lipinski definition) is 4. The van der Waals surface area contributed by atoms with E-state index >= 15 is 0 Å². The van der Waals surface area contributed by atoms with Crippen molar-refractivity contribution in [2.45, 2.75) is 63.3 Å². The van der Waals surface area contributed by atoms with Gasteiger partial charge in [-0.25, -0.2) is 8.42 Å². The zero-order chi connectivity index (χ0) is 19.9. The van der Waals surface area contributed by atoms with Crippen molar-refractivity contribution in [3.8, 4) is 0 Å². The summed E-state index contributed by atoms with van der Waals surface area (Å²) in [5.74, 6) is 0.527. The number of nitrogens with zero attached hydrogens (tertiary/aromatic N) is 1. The van der Waals surface area contributed by atoms with Crippen LogP contribution in [0.15, 0.2) is 27.5 Å². The third kappa shape index (κ3) is 3.46. The van der Waals surface area contributed by atoms with Crippen molar-refractivity contribution in [3.63, 3.8) is 0 Å². The average molecular weight is 405 g/mol. The fourth-order valence-corrected chi connectivity index (χ4v) is 5.96. The number of sulfonamides is 1. The molecule has 4 rings (SSSR count). The number of rotatable bonds is 4. The van der Waals surface area contributed by atoms with Crippen molar-refractivity contribution in [1.82, 2.24) is 9.62 Å². The Labute approximate surface area is 166 Å². The first-order valence-electron chi connectivity index (χ1n) is 10.2. The zero-order valence-corrected chi connectivity index (χ0v) is 17.3. The predicted molar refractivity (Wildman–Crippen MR) is 108 cm³/mol.